The molecule has 5 heteroatoms. The lowest BCUT2D eigenvalue weighted by Crippen LogP contribution is -2.51. The van der Waals surface area contributed by atoms with Crippen LogP contribution < -0.4 is 10.2 Å². The molecule has 0 spiro atoms. The van der Waals surface area contributed by atoms with Crippen molar-refractivity contribution in [1.29, 1.82) is 0 Å². The fourth-order valence-electron chi connectivity index (χ4n) is 3.62. The highest BCUT2D eigenvalue weighted by Gasteiger charge is 2.34. The average Bonchev–Trinajstić information content (AvgIpc) is 2.71. The maximum atomic E-state index is 6.22. The zero-order valence-corrected chi connectivity index (χ0v) is 14.0. The molecule has 0 amide bonds. The highest BCUT2D eigenvalue weighted by Crippen LogP contribution is 2.38. The SMILES string of the molecule is CN1c2ccc(Cl)cc2N=C(N2CCNCC2)C2C=CC=CC21. The molecule has 23 heavy (non-hydrogen) atoms. The van der Waals surface area contributed by atoms with Crippen LogP contribution in [0.15, 0.2) is 47.5 Å². The van der Waals surface area contributed by atoms with Crippen LogP contribution in [0, 0.1) is 5.92 Å². The normalized spacial score (nSPS) is 26.4. The molecule has 2 atom stereocenters. The molecular formula is C18H21ClN4. The van der Waals surface area contributed by atoms with Gasteiger partial charge >= 0.3 is 0 Å². The monoisotopic (exact) mass is 328 g/mol. The summed E-state index contributed by atoms with van der Waals surface area (Å²) in [4.78, 5) is 9.79. The first kappa shape index (κ1) is 14.8. The minimum absolute atomic E-state index is 0.272. The van der Waals surface area contributed by atoms with Gasteiger partial charge in [0.05, 0.1) is 23.3 Å². The molecule has 0 aromatic heterocycles. The summed E-state index contributed by atoms with van der Waals surface area (Å²) in [7, 11) is 2.14. The van der Waals surface area contributed by atoms with Gasteiger partial charge in [0.2, 0.25) is 0 Å². The third kappa shape index (κ3) is 2.66. The maximum absolute atomic E-state index is 6.22. The van der Waals surface area contributed by atoms with E-state index in [1.54, 1.807) is 0 Å². The van der Waals surface area contributed by atoms with Gasteiger partial charge in [0, 0.05) is 38.2 Å². The summed E-state index contributed by atoms with van der Waals surface area (Å²) >= 11 is 6.22. The average molecular weight is 329 g/mol. The van der Waals surface area contributed by atoms with Gasteiger partial charge in [-0.05, 0) is 18.2 Å². The Morgan fingerprint density at radius 1 is 1.17 bits per heavy atom. The first-order valence-electron chi connectivity index (χ1n) is 8.16. The van der Waals surface area contributed by atoms with E-state index in [1.165, 1.54) is 0 Å². The maximum Gasteiger partial charge on any atom is 0.114 e. The van der Waals surface area contributed by atoms with Gasteiger partial charge in [0.1, 0.15) is 5.84 Å². The Balaban J connectivity index is 1.84. The van der Waals surface area contributed by atoms with Gasteiger partial charge in [-0.3, -0.25) is 0 Å². The van der Waals surface area contributed by atoms with E-state index in [2.05, 4.69) is 52.5 Å². The van der Waals surface area contributed by atoms with E-state index in [0.29, 0.717) is 0 Å². The van der Waals surface area contributed by atoms with Gasteiger partial charge in [-0.2, -0.15) is 0 Å². The topological polar surface area (TPSA) is 30.9 Å². The van der Waals surface area contributed by atoms with Gasteiger partial charge in [-0.25, -0.2) is 4.99 Å². The summed E-state index contributed by atoms with van der Waals surface area (Å²) in [6.07, 6.45) is 8.81. The van der Waals surface area contributed by atoms with E-state index in [1.807, 2.05) is 12.1 Å². The Labute approximate surface area is 142 Å². The number of rotatable bonds is 0. The molecule has 2 heterocycles. The number of nitrogens with zero attached hydrogens (tertiary/aromatic N) is 3. The van der Waals surface area contributed by atoms with Crippen LogP contribution >= 0.6 is 11.6 Å². The minimum Gasteiger partial charge on any atom is -0.365 e. The molecule has 2 aliphatic heterocycles. The Bertz CT molecular complexity index is 688. The van der Waals surface area contributed by atoms with Crippen LogP contribution in [0.25, 0.3) is 0 Å². The molecule has 1 fully saturated rings. The van der Waals surface area contributed by atoms with Crippen molar-refractivity contribution in [2.75, 3.05) is 38.1 Å². The summed E-state index contributed by atoms with van der Waals surface area (Å²) in [6.45, 7) is 4.01. The van der Waals surface area contributed by atoms with Gasteiger partial charge in [0.15, 0.2) is 0 Å². The predicted molar refractivity (Wildman–Crippen MR) is 97.0 cm³/mol. The van der Waals surface area contributed by atoms with Crippen molar-refractivity contribution in [3.63, 3.8) is 0 Å². The van der Waals surface area contributed by atoms with E-state index in [0.717, 1.165) is 48.4 Å². The van der Waals surface area contributed by atoms with E-state index >= 15 is 0 Å². The van der Waals surface area contributed by atoms with Crippen molar-refractivity contribution in [1.82, 2.24) is 10.2 Å². The largest absolute Gasteiger partial charge is 0.365 e. The number of fused-ring (bicyclic) bond motifs is 2. The molecule has 2 unspecified atom stereocenters. The van der Waals surface area contributed by atoms with Crippen molar-refractivity contribution in [3.8, 4) is 0 Å². The van der Waals surface area contributed by atoms with E-state index in [-0.39, 0.29) is 12.0 Å². The van der Waals surface area contributed by atoms with Crippen molar-refractivity contribution in [2.24, 2.45) is 10.9 Å². The Hall–Kier alpha value is -1.78. The van der Waals surface area contributed by atoms with E-state index < -0.39 is 0 Å². The predicted octanol–water partition coefficient (Wildman–Crippen LogP) is 2.84. The number of allylic oxidation sites excluding steroid dienone is 2. The third-order valence-corrected chi connectivity index (χ3v) is 5.08. The van der Waals surface area contributed by atoms with E-state index in [9.17, 15) is 0 Å². The molecule has 4 nitrogen and oxygen atoms in total. The summed E-state index contributed by atoms with van der Waals surface area (Å²) < 4.78 is 0. The van der Waals surface area contributed by atoms with Crippen molar-refractivity contribution in [3.05, 3.63) is 47.5 Å². The smallest absolute Gasteiger partial charge is 0.114 e. The van der Waals surface area contributed by atoms with E-state index in [4.69, 9.17) is 16.6 Å². The van der Waals surface area contributed by atoms with Crippen LogP contribution in [-0.2, 0) is 0 Å². The molecule has 1 aromatic carbocycles. The first-order chi connectivity index (χ1) is 11.2. The summed E-state index contributed by atoms with van der Waals surface area (Å²) in [5, 5.41) is 4.15. The lowest BCUT2D eigenvalue weighted by atomic mass is 9.92. The first-order valence-corrected chi connectivity index (χ1v) is 8.53. The summed E-state index contributed by atoms with van der Waals surface area (Å²) in [6, 6.07) is 6.28. The van der Waals surface area contributed by atoms with Crippen LogP contribution in [-0.4, -0.2) is 50.0 Å². The number of benzene rings is 1. The molecule has 4 rings (SSSR count). The molecule has 1 N–H and O–H groups in total. The number of aliphatic imine (C=N–C) groups is 1. The van der Waals surface area contributed by atoms with Crippen LogP contribution in [0.2, 0.25) is 5.02 Å². The number of hydrogen-bond donors (Lipinski definition) is 1. The van der Waals surface area contributed by atoms with Gasteiger partial charge in [0.25, 0.3) is 0 Å². The Morgan fingerprint density at radius 2 is 1.96 bits per heavy atom. The highest BCUT2D eigenvalue weighted by molar-refractivity contribution is 6.31. The molecule has 1 aromatic rings. The zero-order chi connectivity index (χ0) is 15.8. The zero-order valence-electron chi connectivity index (χ0n) is 13.2. The number of halogens is 1. The number of hydrogen-bond acceptors (Lipinski definition) is 4. The number of piperazine rings is 1. The van der Waals surface area contributed by atoms with Crippen molar-refractivity contribution < 1.29 is 0 Å². The number of likely N-dealkylation sites (N-methyl/N-ethyl adjacent to an activating group) is 1. The highest BCUT2D eigenvalue weighted by atomic mass is 35.5. The van der Waals surface area contributed by atoms with Crippen molar-refractivity contribution >= 4 is 28.8 Å². The molecule has 3 aliphatic rings. The molecule has 0 bridgehead atoms. The molecule has 0 saturated carbocycles. The second kappa shape index (κ2) is 6.02. The lowest BCUT2D eigenvalue weighted by molar-refractivity contribution is 0.343. The van der Waals surface area contributed by atoms with Crippen LogP contribution in [0.5, 0.6) is 0 Å². The number of nitrogens with one attached hydrogen (secondary N) is 1. The molecule has 0 radical (unpaired) electrons. The van der Waals surface area contributed by atoms with Crippen LogP contribution in [0.4, 0.5) is 11.4 Å². The van der Waals surface area contributed by atoms with Crippen LogP contribution in [0.1, 0.15) is 0 Å². The van der Waals surface area contributed by atoms with Gasteiger partial charge < -0.3 is 15.1 Å². The fraction of sp³-hybridized carbons (Fsp3) is 0.389. The lowest BCUT2D eigenvalue weighted by Gasteiger charge is -2.37. The standard InChI is InChI=1S/C18H21ClN4/c1-22-16-5-3-2-4-14(16)18(23-10-8-20-9-11-23)21-15-12-13(19)6-7-17(15)22/h2-7,12,14,16,20H,8-11H2,1H3. The number of anilines is 1. The summed E-state index contributed by atoms with van der Waals surface area (Å²) in [5.41, 5.74) is 2.10. The molecule has 1 aliphatic carbocycles. The molecule has 1 saturated heterocycles. The number of amidine groups is 1. The minimum atomic E-state index is 0.272. The second-order valence-corrected chi connectivity index (χ2v) is 6.67. The summed E-state index contributed by atoms with van der Waals surface area (Å²) in [5.74, 6) is 1.43. The quantitative estimate of drug-likeness (QED) is 0.794. The van der Waals surface area contributed by atoms with Crippen molar-refractivity contribution in [2.45, 2.75) is 6.04 Å². The molecule has 120 valence electrons. The van der Waals surface area contributed by atoms with Gasteiger partial charge in [-0.1, -0.05) is 35.9 Å². The third-order valence-electron chi connectivity index (χ3n) is 4.84. The Kier molecular flexibility index (Phi) is 3.87. The molecular weight excluding hydrogens is 308 g/mol. The fourth-order valence-corrected chi connectivity index (χ4v) is 3.79. The Morgan fingerprint density at radius 3 is 2.78 bits per heavy atom. The van der Waals surface area contributed by atoms with Gasteiger partial charge in [-0.15, -0.1) is 0 Å². The van der Waals surface area contributed by atoms with Crippen LogP contribution in [0.3, 0.4) is 0 Å². The second-order valence-electron chi connectivity index (χ2n) is 6.24.